The summed E-state index contributed by atoms with van der Waals surface area (Å²) in [6, 6.07) is 6.51. The summed E-state index contributed by atoms with van der Waals surface area (Å²) in [4.78, 5) is 0. The highest BCUT2D eigenvalue weighted by Gasteiger charge is 2.15. The first-order valence-corrected chi connectivity index (χ1v) is 5.00. The zero-order valence-corrected chi connectivity index (χ0v) is 9.10. The van der Waals surface area contributed by atoms with Crippen molar-refractivity contribution < 1.29 is 13.2 Å². The molecule has 4 heteroatoms. The van der Waals surface area contributed by atoms with Crippen LogP contribution in [-0.4, -0.2) is 0 Å². The molecule has 0 spiro atoms. The van der Waals surface area contributed by atoms with Crippen molar-refractivity contribution in [3.63, 3.8) is 0 Å². The molecule has 0 aliphatic rings. The number of aryl methyl sites for hydroxylation is 1. The Labute approximate surface area is 96.7 Å². The quantitative estimate of drug-likeness (QED) is 0.752. The average Bonchev–Trinajstić information content (AvgIpc) is 2.30. The monoisotopic (exact) mass is 237 g/mol. The second kappa shape index (κ2) is 4.13. The first-order chi connectivity index (χ1) is 8.00. The van der Waals surface area contributed by atoms with E-state index in [1.54, 1.807) is 13.0 Å². The van der Waals surface area contributed by atoms with E-state index in [1.165, 1.54) is 18.2 Å². The molecule has 2 rings (SSSR count). The topological polar surface area (TPSA) is 26.0 Å². The molecule has 0 fully saturated rings. The highest BCUT2D eigenvalue weighted by molar-refractivity contribution is 5.69. The van der Waals surface area contributed by atoms with E-state index in [2.05, 4.69) is 0 Å². The van der Waals surface area contributed by atoms with E-state index in [4.69, 9.17) is 5.73 Å². The minimum atomic E-state index is -0.936. The lowest BCUT2D eigenvalue weighted by Gasteiger charge is -2.08. The van der Waals surface area contributed by atoms with Crippen LogP contribution in [0.4, 0.5) is 18.9 Å². The van der Waals surface area contributed by atoms with Gasteiger partial charge >= 0.3 is 0 Å². The van der Waals surface area contributed by atoms with Crippen LogP contribution in [0.15, 0.2) is 30.3 Å². The summed E-state index contributed by atoms with van der Waals surface area (Å²) in [5.74, 6) is -2.35. The molecule has 1 nitrogen and oxygen atoms in total. The summed E-state index contributed by atoms with van der Waals surface area (Å²) in [6.07, 6.45) is 0. The number of benzene rings is 2. The van der Waals surface area contributed by atoms with Crippen LogP contribution in [0.5, 0.6) is 0 Å². The third-order valence-electron chi connectivity index (χ3n) is 2.54. The first kappa shape index (κ1) is 11.5. The lowest BCUT2D eigenvalue weighted by Crippen LogP contribution is -1.98. The Morgan fingerprint density at radius 3 is 2.24 bits per heavy atom. The zero-order valence-electron chi connectivity index (χ0n) is 9.10. The van der Waals surface area contributed by atoms with Crippen molar-refractivity contribution in [1.82, 2.24) is 0 Å². The van der Waals surface area contributed by atoms with Crippen LogP contribution in [0.2, 0.25) is 0 Å². The van der Waals surface area contributed by atoms with Crippen LogP contribution in [0.25, 0.3) is 11.1 Å². The van der Waals surface area contributed by atoms with Gasteiger partial charge in [0.25, 0.3) is 0 Å². The third-order valence-corrected chi connectivity index (χ3v) is 2.54. The molecule has 0 aliphatic carbocycles. The van der Waals surface area contributed by atoms with Gasteiger partial charge in [-0.05, 0) is 31.2 Å². The number of hydrogen-bond acceptors (Lipinski definition) is 1. The minimum Gasteiger partial charge on any atom is -0.394 e. The standard InChI is InChI=1S/C13H10F3N/c1-7-2-4-10(14)9(6-7)8-3-5-11(15)13(17)12(8)16/h2-6H,17H2,1H3. The lowest BCUT2D eigenvalue weighted by atomic mass is 10.0. The number of nitrogens with two attached hydrogens (primary N) is 1. The Morgan fingerprint density at radius 2 is 1.53 bits per heavy atom. The predicted octanol–water partition coefficient (Wildman–Crippen LogP) is 3.66. The number of anilines is 1. The maximum absolute atomic E-state index is 13.7. The third kappa shape index (κ3) is 1.98. The zero-order chi connectivity index (χ0) is 12.6. The number of halogens is 3. The number of rotatable bonds is 1. The molecule has 0 saturated heterocycles. The van der Waals surface area contributed by atoms with Crippen LogP contribution in [0.3, 0.4) is 0 Å². The Balaban J connectivity index is 2.69. The molecule has 0 amide bonds. The van der Waals surface area contributed by atoms with Crippen LogP contribution in [0, 0.1) is 24.4 Å². The number of hydrogen-bond donors (Lipinski definition) is 1. The van der Waals surface area contributed by atoms with E-state index in [1.807, 2.05) is 0 Å². The molecule has 0 aromatic heterocycles. The molecule has 0 bridgehead atoms. The van der Waals surface area contributed by atoms with Crippen molar-refractivity contribution >= 4 is 5.69 Å². The molecular formula is C13H10F3N. The molecule has 0 radical (unpaired) electrons. The van der Waals surface area contributed by atoms with Gasteiger partial charge in [-0.15, -0.1) is 0 Å². The molecule has 88 valence electrons. The summed E-state index contributed by atoms with van der Waals surface area (Å²) in [5, 5.41) is 0. The molecule has 0 saturated carbocycles. The minimum absolute atomic E-state index is 0.0369. The van der Waals surface area contributed by atoms with E-state index < -0.39 is 23.1 Å². The van der Waals surface area contributed by atoms with E-state index in [0.29, 0.717) is 0 Å². The Hall–Kier alpha value is -1.97. The van der Waals surface area contributed by atoms with Gasteiger partial charge in [0.05, 0.1) is 0 Å². The molecule has 0 atom stereocenters. The van der Waals surface area contributed by atoms with Gasteiger partial charge in [0.1, 0.15) is 17.3 Å². The van der Waals surface area contributed by atoms with Crippen molar-refractivity contribution in [2.24, 2.45) is 0 Å². The van der Waals surface area contributed by atoms with E-state index in [0.717, 1.165) is 11.6 Å². The van der Waals surface area contributed by atoms with Gasteiger partial charge in [0, 0.05) is 11.1 Å². The summed E-state index contributed by atoms with van der Waals surface area (Å²) in [6.45, 7) is 1.76. The maximum atomic E-state index is 13.7. The Bertz CT molecular complexity index is 579. The van der Waals surface area contributed by atoms with Crippen molar-refractivity contribution in [1.29, 1.82) is 0 Å². The average molecular weight is 237 g/mol. The molecule has 17 heavy (non-hydrogen) atoms. The van der Waals surface area contributed by atoms with Crippen molar-refractivity contribution in [3.05, 3.63) is 53.3 Å². The second-order valence-corrected chi connectivity index (χ2v) is 3.81. The fourth-order valence-electron chi connectivity index (χ4n) is 1.62. The van der Waals surface area contributed by atoms with Gasteiger partial charge in [0.15, 0.2) is 5.82 Å². The van der Waals surface area contributed by atoms with Gasteiger partial charge in [-0.2, -0.15) is 0 Å². The normalized spacial score (nSPS) is 10.6. The summed E-state index contributed by atoms with van der Waals surface area (Å²) < 4.78 is 40.3. The molecule has 2 aromatic rings. The maximum Gasteiger partial charge on any atom is 0.157 e. The van der Waals surface area contributed by atoms with Gasteiger partial charge in [-0.3, -0.25) is 0 Å². The van der Waals surface area contributed by atoms with E-state index in [-0.39, 0.29) is 11.1 Å². The van der Waals surface area contributed by atoms with Crippen molar-refractivity contribution in [2.45, 2.75) is 6.92 Å². The molecule has 2 aromatic carbocycles. The van der Waals surface area contributed by atoms with Gasteiger partial charge in [0.2, 0.25) is 0 Å². The summed E-state index contributed by atoms with van der Waals surface area (Å²) in [5.41, 5.74) is 5.46. The fourth-order valence-corrected chi connectivity index (χ4v) is 1.62. The second-order valence-electron chi connectivity index (χ2n) is 3.81. The molecule has 0 aliphatic heterocycles. The van der Waals surface area contributed by atoms with Gasteiger partial charge in [-0.1, -0.05) is 11.6 Å². The van der Waals surface area contributed by atoms with Crippen molar-refractivity contribution in [3.8, 4) is 11.1 Å². The van der Waals surface area contributed by atoms with Crippen LogP contribution < -0.4 is 5.73 Å². The van der Waals surface area contributed by atoms with E-state index in [9.17, 15) is 13.2 Å². The summed E-state index contributed by atoms with van der Waals surface area (Å²) in [7, 11) is 0. The molecule has 2 N–H and O–H groups in total. The van der Waals surface area contributed by atoms with Crippen LogP contribution in [0.1, 0.15) is 5.56 Å². The smallest absolute Gasteiger partial charge is 0.157 e. The van der Waals surface area contributed by atoms with Gasteiger partial charge in [-0.25, -0.2) is 13.2 Å². The SMILES string of the molecule is Cc1ccc(F)c(-c2ccc(F)c(N)c2F)c1. The molecular weight excluding hydrogens is 227 g/mol. The highest BCUT2D eigenvalue weighted by Crippen LogP contribution is 2.30. The summed E-state index contributed by atoms with van der Waals surface area (Å²) >= 11 is 0. The van der Waals surface area contributed by atoms with Crippen LogP contribution >= 0.6 is 0 Å². The Morgan fingerprint density at radius 1 is 0.882 bits per heavy atom. The molecule has 0 unspecified atom stereocenters. The first-order valence-electron chi connectivity index (χ1n) is 5.00. The highest BCUT2D eigenvalue weighted by atomic mass is 19.1. The van der Waals surface area contributed by atoms with E-state index >= 15 is 0 Å². The molecule has 0 heterocycles. The lowest BCUT2D eigenvalue weighted by molar-refractivity contribution is 0.590. The van der Waals surface area contributed by atoms with Gasteiger partial charge < -0.3 is 5.73 Å². The fraction of sp³-hybridized carbons (Fsp3) is 0.0769. The largest absolute Gasteiger partial charge is 0.394 e. The van der Waals surface area contributed by atoms with Crippen molar-refractivity contribution in [2.75, 3.05) is 5.73 Å². The van der Waals surface area contributed by atoms with Crippen LogP contribution in [-0.2, 0) is 0 Å². The number of nitrogen functional groups attached to an aromatic ring is 1. The Kier molecular flexibility index (Phi) is 2.79. The predicted molar refractivity (Wildman–Crippen MR) is 60.9 cm³/mol.